The molecule has 4 heterocycles. The third-order valence-corrected chi connectivity index (χ3v) is 22.4. The molecular weight excluding hydrogens is 1650 g/mol. The molecule has 1 N–H and O–H groups in total. The van der Waals surface area contributed by atoms with Crippen LogP contribution in [0.5, 0.6) is 0 Å². The van der Waals surface area contributed by atoms with E-state index in [-0.39, 0.29) is 29.5 Å². The van der Waals surface area contributed by atoms with Crippen molar-refractivity contribution in [2.45, 2.75) is 117 Å². The Labute approximate surface area is 693 Å². The molecule has 2 saturated heterocycles. The monoisotopic (exact) mass is 1740 g/mol. The minimum atomic E-state index is -0.951. The van der Waals surface area contributed by atoms with Crippen molar-refractivity contribution in [2.24, 2.45) is 0 Å². The molecule has 0 unspecified atom stereocenters. The minimum Gasteiger partial charge on any atom is -0.435 e. The van der Waals surface area contributed by atoms with E-state index in [9.17, 15) is 5.11 Å². The Balaban J connectivity index is 0.000000136. The molecule has 12 aromatic carbocycles. The topological polar surface area (TPSA) is 128 Å². The fourth-order valence-electron chi connectivity index (χ4n) is 12.4. The van der Waals surface area contributed by atoms with Gasteiger partial charge in [0.05, 0.1) is 81.1 Å². The van der Waals surface area contributed by atoms with Crippen molar-refractivity contribution in [3.8, 4) is 11.3 Å². The van der Waals surface area contributed by atoms with Crippen LogP contribution in [0.15, 0.2) is 334 Å². The van der Waals surface area contributed by atoms with Gasteiger partial charge in [-0.05, 0) is 256 Å². The highest BCUT2D eigenvalue weighted by atomic mass is 79.9. The Morgan fingerprint density at radius 1 is 0.348 bits per heavy atom. The summed E-state index contributed by atoms with van der Waals surface area (Å²) in [7, 11) is 0.641. The Hall–Kier alpha value is -9.15. The van der Waals surface area contributed by atoms with E-state index in [1.165, 1.54) is 45.4 Å². The van der Waals surface area contributed by atoms with Gasteiger partial charge >= 0.3 is 21.5 Å². The van der Waals surface area contributed by atoms with Gasteiger partial charge in [-0.25, -0.2) is 15.0 Å². The van der Waals surface area contributed by atoms with E-state index in [0.717, 1.165) is 80.5 Å². The van der Waals surface area contributed by atoms with E-state index < -0.39 is 18.2 Å². The molecule has 1 radical (unpaired) electrons. The maximum atomic E-state index is 10.00. The summed E-state index contributed by atoms with van der Waals surface area (Å²) >= 11 is 13.2. The SMILES string of the molecule is Brc1ccc(N(c2ccccc2)c2cccc3ccccc23)cc1.Brc1cnc(-c2ccc(N(c3ccccc3)c3cccc4ccccc34)cc2)cn1.Brc1cnc(Br)cn1.CC(C)(O)C(C)(C)O[B]B1OC(C)(C)C(C)(C)O1.CC1(C)OB(c2ccc(N(c3ccccc3)c3cccc4ccccc34)cc2)OC1(C)C. The second-order valence-corrected chi connectivity index (χ2v) is 33.4. The van der Waals surface area contributed by atoms with Crippen LogP contribution in [0.25, 0.3) is 43.6 Å². The van der Waals surface area contributed by atoms with Gasteiger partial charge in [0.25, 0.3) is 0 Å². The van der Waals surface area contributed by atoms with Gasteiger partial charge in [-0.1, -0.05) is 204 Å². The van der Waals surface area contributed by atoms with Crippen LogP contribution in [0, 0.1) is 0 Å². The summed E-state index contributed by atoms with van der Waals surface area (Å²) in [6, 6.07) is 102. The summed E-state index contributed by atoms with van der Waals surface area (Å²) in [5.41, 5.74) is 9.97. The van der Waals surface area contributed by atoms with E-state index in [4.69, 9.17) is 23.3 Å². The van der Waals surface area contributed by atoms with Crippen LogP contribution in [-0.4, -0.2) is 80.1 Å². The number of benzene rings is 12. The first-order valence-corrected chi connectivity index (χ1v) is 40.2. The third-order valence-electron chi connectivity index (χ3n) is 20.7. The predicted octanol–water partition coefficient (Wildman–Crippen LogP) is 25.0. The van der Waals surface area contributed by atoms with Crippen LogP contribution in [0.1, 0.15) is 83.1 Å². The van der Waals surface area contributed by atoms with Crippen molar-refractivity contribution in [1.82, 2.24) is 19.9 Å². The smallest absolute Gasteiger partial charge is 0.435 e. The number of aromatic nitrogens is 4. The zero-order valence-corrected chi connectivity index (χ0v) is 71.2. The second-order valence-electron chi connectivity index (χ2n) is 30.0. The van der Waals surface area contributed by atoms with Crippen molar-refractivity contribution in [3.63, 3.8) is 0 Å². The lowest BCUT2D eigenvalue weighted by atomic mass is 9.55. The van der Waals surface area contributed by atoms with Crippen LogP contribution >= 0.6 is 63.7 Å². The van der Waals surface area contributed by atoms with Crippen LogP contribution in [0.2, 0.25) is 0 Å². The largest absolute Gasteiger partial charge is 0.494 e. The Morgan fingerprint density at radius 3 is 1.00 bits per heavy atom. The summed E-state index contributed by atoms with van der Waals surface area (Å²) in [6.45, 7) is 23.4. The molecule has 0 amide bonds. The average Bonchev–Trinajstić information content (AvgIpc) is 1.69. The molecule has 14 aromatic rings. The number of anilines is 9. The molecule has 2 fully saturated rings. The molecular formula is C92H89B3Br4N7O6. The molecule has 0 aliphatic carbocycles. The zero-order valence-electron chi connectivity index (χ0n) is 64.9. The molecule has 0 spiro atoms. The number of hydrogen-bond donors (Lipinski definition) is 1. The first-order valence-electron chi connectivity index (χ1n) is 37.1. The van der Waals surface area contributed by atoms with Gasteiger partial charge in [0.2, 0.25) is 0 Å². The average molecular weight is 1740 g/mol. The number of rotatable bonds is 15. The molecule has 13 nitrogen and oxygen atoms in total. The number of para-hydroxylation sites is 3. The third kappa shape index (κ3) is 19.9. The van der Waals surface area contributed by atoms with E-state index in [0.29, 0.717) is 0 Å². The van der Waals surface area contributed by atoms with Gasteiger partial charge in [-0.3, -0.25) is 4.98 Å². The standard InChI is InChI=1S/C28H28BNO2.C26H18BrN3.C22H16BrN.C12H25B2O4.C4H2Br2N2/c1-27(2)28(3,4)32-29(31-27)22-17-19-24(20-18-22)30(23-13-6-5-7-14-23)26-16-10-12-21-11-8-9-15-25(21)26;27-26-18-28-24(17-29-26)20-13-15-22(16-14-20)30(21-9-2-1-3-10-21)25-12-6-8-19-7-4-5-11-23(19)25;23-18-13-15-20(16-14-18)24(19-9-2-1-3-10-19)22-12-6-8-17-7-4-5-11-21(17)22;1-9(2,15)10(3,4)16-13-14-17-11(5,6)12(7,8)18-14;5-3-1-7-4(6)2-8-3/h5-20H,1-4H3;1-18H;1-16H;15H,1-8H3;1-2H. The van der Waals surface area contributed by atoms with E-state index in [2.05, 4.69) is 399 Å². The predicted molar refractivity (Wildman–Crippen MR) is 479 cm³/mol. The van der Waals surface area contributed by atoms with Crippen molar-refractivity contribution in [3.05, 3.63) is 334 Å². The molecule has 0 atom stereocenters. The number of fused-ring (bicyclic) bond motifs is 3. The van der Waals surface area contributed by atoms with Crippen LogP contribution in [0.4, 0.5) is 51.2 Å². The second kappa shape index (κ2) is 35.9. The summed E-state index contributed by atoms with van der Waals surface area (Å²) < 4.78 is 33.0. The van der Waals surface area contributed by atoms with Gasteiger partial charge in [-0.15, -0.1) is 0 Å². The minimum absolute atomic E-state index is 0.352. The molecule has 2 aromatic heterocycles. The van der Waals surface area contributed by atoms with Gasteiger partial charge in [0.1, 0.15) is 13.8 Å². The van der Waals surface area contributed by atoms with Gasteiger partial charge < -0.3 is 43.1 Å². The van der Waals surface area contributed by atoms with Crippen molar-refractivity contribution in [2.75, 3.05) is 14.7 Å². The van der Waals surface area contributed by atoms with E-state index in [1.54, 1.807) is 38.6 Å². The lowest BCUT2D eigenvalue weighted by Gasteiger charge is -2.37. The molecule has 16 rings (SSSR count). The Bertz CT molecular complexity index is 5340. The normalized spacial score (nSPS) is 14.4. The molecule has 0 bridgehead atoms. The quantitative estimate of drug-likeness (QED) is 0.0979. The van der Waals surface area contributed by atoms with Crippen LogP contribution in [-0.2, 0) is 23.3 Å². The van der Waals surface area contributed by atoms with Gasteiger partial charge in [0.15, 0.2) is 0 Å². The van der Waals surface area contributed by atoms with Crippen LogP contribution < -0.4 is 20.2 Å². The number of halogens is 4. The van der Waals surface area contributed by atoms with Gasteiger partial charge in [-0.2, -0.15) is 0 Å². The van der Waals surface area contributed by atoms with Crippen molar-refractivity contribution < 1.29 is 28.4 Å². The molecule has 112 heavy (non-hydrogen) atoms. The highest BCUT2D eigenvalue weighted by molar-refractivity contribution is 9.11. The van der Waals surface area contributed by atoms with Gasteiger partial charge in [0, 0.05) is 60.3 Å². The Morgan fingerprint density at radius 2 is 0.652 bits per heavy atom. The van der Waals surface area contributed by atoms with Crippen LogP contribution in [0.3, 0.4) is 0 Å². The highest BCUT2D eigenvalue weighted by Crippen LogP contribution is 2.44. The number of aliphatic hydroxyl groups is 1. The number of nitrogens with zero attached hydrogens (tertiary/aromatic N) is 7. The maximum Gasteiger partial charge on any atom is 0.494 e. The fourth-order valence-corrected chi connectivity index (χ4v) is 13.3. The molecule has 2 aliphatic heterocycles. The molecule has 2 aliphatic rings. The molecule has 565 valence electrons. The van der Waals surface area contributed by atoms with E-state index >= 15 is 0 Å². The summed E-state index contributed by atoms with van der Waals surface area (Å²) in [5, 5.41) is 17.4. The number of hydrogen-bond acceptors (Lipinski definition) is 13. The lowest BCUT2D eigenvalue weighted by molar-refractivity contribution is -0.0894. The first kappa shape index (κ1) is 82.3. The Kier molecular flexibility index (Phi) is 26.4. The highest BCUT2D eigenvalue weighted by Gasteiger charge is 2.53. The van der Waals surface area contributed by atoms with Crippen molar-refractivity contribution >= 4 is 174 Å². The summed E-state index contributed by atoms with van der Waals surface area (Å²) in [4.78, 5) is 23.4. The summed E-state index contributed by atoms with van der Waals surface area (Å²) in [6.07, 6.45) is 6.75. The lowest BCUT2D eigenvalue weighted by Crippen LogP contribution is -2.50. The zero-order chi connectivity index (χ0) is 79.4. The van der Waals surface area contributed by atoms with Crippen molar-refractivity contribution in [1.29, 1.82) is 0 Å². The maximum absolute atomic E-state index is 10.00. The first-order chi connectivity index (χ1) is 53.5. The molecule has 20 heteroatoms. The van der Waals surface area contributed by atoms with E-state index in [1.807, 2.05) is 59.7 Å². The fraction of sp³-hybridized carbons (Fsp3) is 0.196. The summed E-state index contributed by atoms with van der Waals surface area (Å²) in [5.74, 6) is 0. The molecule has 0 saturated carbocycles.